The predicted octanol–water partition coefficient (Wildman–Crippen LogP) is 1.85. The Kier molecular flexibility index (Phi) is 4.77. The van der Waals surface area contributed by atoms with E-state index in [1.54, 1.807) is 0 Å². The molecule has 21 heavy (non-hydrogen) atoms. The van der Waals surface area contributed by atoms with Gasteiger partial charge in [-0.25, -0.2) is 9.59 Å². The molecule has 0 bridgehead atoms. The molecule has 1 heterocycles. The predicted molar refractivity (Wildman–Crippen MR) is 72.9 cm³/mol. The lowest BCUT2D eigenvalue weighted by Crippen LogP contribution is -2.45. The first kappa shape index (κ1) is 14.9. The van der Waals surface area contributed by atoms with Crippen LogP contribution in [0.15, 0.2) is 30.3 Å². The fourth-order valence-corrected chi connectivity index (χ4v) is 2.35. The van der Waals surface area contributed by atoms with Crippen LogP contribution in [0.2, 0.25) is 0 Å². The van der Waals surface area contributed by atoms with Gasteiger partial charge in [-0.2, -0.15) is 5.26 Å². The van der Waals surface area contributed by atoms with Crippen molar-refractivity contribution in [3.05, 3.63) is 35.9 Å². The van der Waals surface area contributed by atoms with Crippen LogP contribution in [-0.4, -0.2) is 36.2 Å². The highest BCUT2D eigenvalue weighted by atomic mass is 16.6. The van der Waals surface area contributed by atoms with Crippen LogP contribution in [0.3, 0.4) is 0 Å². The van der Waals surface area contributed by atoms with E-state index < -0.39 is 24.1 Å². The zero-order chi connectivity index (χ0) is 15.2. The minimum Gasteiger partial charge on any atom is -0.467 e. The highest BCUT2D eigenvalue weighted by Crippen LogP contribution is 2.25. The maximum atomic E-state index is 12.2. The van der Waals surface area contributed by atoms with Gasteiger partial charge in [-0.1, -0.05) is 30.3 Å². The van der Waals surface area contributed by atoms with Crippen LogP contribution < -0.4 is 0 Å². The average Bonchev–Trinajstić information content (AvgIpc) is 2.96. The summed E-state index contributed by atoms with van der Waals surface area (Å²) in [5, 5.41) is 9.09. The molecule has 0 radical (unpaired) electrons. The zero-order valence-electron chi connectivity index (χ0n) is 11.7. The van der Waals surface area contributed by atoms with E-state index in [1.807, 2.05) is 36.4 Å². The number of benzene rings is 1. The molecular formula is C15H16N2O4. The van der Waals surface area contributed by atoms with E-state index in [4.69, 9.17) is 10.00 Å². The third-order valence-corrected chi connectivity index (χ3v) is 3.42. The summed E-state index contributed by atoms with van der Waals surface area (Å²) in [6, 6.07) is 9.83. The van der Waals surface area contributed by atoms with Gasteiger partial charge in [-0.15, -0.1) is 0 Å². The van der Waals surface area contributed by atoms with Crippen LogP contribution in [0.4, 0.5) is 4.79 Å². The number of nitrogens with zero attached hydrogens (tertiary/aromatic N) is 2. The topological polar surface area (TPSA) is 79.6 Å². The van der Waals surface area contributed by atoms with E-state index in [1.165, 1.54) is 12.0 Å². The fraction of sp³-hybridized carbons (Fsp3) is 0.400. The van der Waals surface area contributed by atoms with Crippen LogP contribution >= 0.6 is 0 Å². The number of hydrogen-bond donors (Lipinski definition) is 0. The summed E-state index contributed by atoms with van der Waals surface area (Å²) in [5.41, 5.74) is 0.841. The van der Waals surface area contributed by atoms with Gasteiger partial charge in [0.05, 0.1) is 13.2 Å². The second-order valence-electron chi connectivity index (χ2n) is 4.71. The Morgan fingerprint density at radius 1 is 1.33 bits per heavy atom. The maximum Gasteiger partial charge on any atom is 0.411 e. The van der Waals surface area contributed by atoms with Gasteiger partial charge in [0.25, 0.3) is 0 Å². The Morgan fingerprint density at radius 2 is 2.05 bits per heavy atom. The Hall–Kier alpha value is -2.55. The standard InChI is InChI=1S/C15H16N2O4/c1-20-14(18)13-8-7-12(9-16)17(13)15(19)21-10-11-5-3-2-4-6-11/h2-6,12-13H,7-8,10H2,1H3/t12-,13+/m0/s1. The van der Waals surface area contributed by atoms with Crippen molar-refractivity contribution in [3.63, 3.8) is 0 Å². The molecule has 2 rings (SSSR count). The molecule has 0 aliphatic carbocycles. The first-order valence-corrected chi connectivity index (χ1v) is 6.64. The van der Waals surface area contributed by atoms with Gasteiger partial charge in [-0.3, -0.25) is 4.90 Å². The lowest BCUT2D eigenvalue weighted by atomic mass is 10.2. The average molecular weight is 288 g/mol. The monoisotopic (exact) mass is 288 g/mol. The van der Waals surface area contributed by atoms with Crippen molar-refractivity contribution < 1.29 is 19.1 Å². The molecule has 0 aromatic heterocycles. The van der Waals surface area contributed by atoms with Crippen molar-refractivity contribution in [1.29, 1.82) is 5.26 Å². The van der Waals surface area contributed by atoms with Gasteiger partial charge < -0.3 is 9.47 Å². The quantitative estimate of drug-likeness (QED) is 0.793. The first-order valence-electron chi connectivity index (χ1n) is 6.64. The third kappa shape index (κ3) is 3.31. The van der Waals surface area contributed by atoms with E-state index in [0.29, 0.717) is 12.8 Å². The molecule has 1 saturated heterocycles. The summed E-state index contributed by atoms with van der Waals surface area (Å²) in [6.07, 6.45) is 0.181. The smallest absolute Gasteiger partial charge is 0.411 e. The number of ether oxygens (including phenoxy) is 2. The number of carbonyl (C=O) groups is 2. The minimum absolute atomic E-state index is 0.0994. The normalized spacial score (nSPS) is 20.7. The molecule has 1 aromatic rings. The van der Waals surface area contributed by atoms with Crippen LogP contribution in [0.1, 0.15) is 18.4 Å². The Balaban J connectivity index is 2.04. The van der Waals surface area contributed by atoms with Crippen LogP contribution in [0, 0.1) is 11.3 Å². The number of carbonyl (C=O) groups excluding carboxylic acids is 2. The summed E-state index contributed by atoms with van der Waals surface area (Å²) in [6.45, 7) is 0.0994. The zero-order valence-corrected chi connectivity index (χ0v) is 11.7. The van der Waals surface area contributed by atoms with Gasteiger partial charge in [0.15, 0.2) is 0 Å². The SMILES string of the molecule is COC(=O)[C@H]1CC[C@@H](C#N)N1C(=O)OCc1ccccc1. The maximum absolute atomic E-state index is 12.2. The van der Waals surface area contributed by atoms with E-state index >= 15 is 0 Å². The molecular weight excluding hydrogens is 272 g/mol. The molecule has 6 heteroatoms. The molecule has 2 atom stereocenters. The summed E-state index contributed by atoms with van der Waals surface area (Å²) in [5.74, 6) is -0.524. The summed E-state index contributed by atoms with van der Waals surface area (Å²) in [7, 11) is 1.26. The fourth-order valence-electron chi connectivity index (χ4n) is 2.35. The molecule has 6 nitrogen and oxygen atoms in total. The van der Waals surface area contributed by atoms with Crippen molar-refractivity contribution in [3.8, 4) is 6.07 Å². The van der Waals surface area contributed by atoms with E-state index in [-0.39, 0.29) is 6.61 Å². The van der Waals surface area contributed by atoms with Crippen molar-refractivity contribution in [2.75, 3.05) is 7.11 Å². The molecule has 0 spiro atoms. The highest BCUT2D eigenvalue weighted by Gasteiger charge is 2.42. The number of likely N-dealkylation sites (tertiary alicyclic amines) is 1. The largest absolute Gasteiger partial charge is 0.467 e. The second kappa shape index (κ2) is 6.75. The van der Waals surface area contributed by atoms with Crippen molar-refractivity contribution in [2.24, 2.45) is 0 Å². The molecule has 1 aromatic carbocycles. The Morgan fingerprint density at radius 3 is 2.67 bits per heavy atom. The number of esters is 1. The van der Waals surface area contributed by atoms with Gasteiger partial charge in [0, 0.05) is 0 Å². The highest BCUT2D eigenvalue weighted by molar-refractivity contribution is 5.82. The number of rotatable bonds is 3. The number of methoxy groups -OCH3 is 1. The number of amides is 1. The Bertz CT molecular complexity index is 553. The van der Waals surface area contributed by atoms with Gasteiger partial charge in [0.2, 0.25) is 0 Å². The molecule has 0 N–H and O–H groups in total. The van der Waals surface area contributed by atoms with Gasteiger partial charge in [0.1, 0.15) is 18.7 Å². The second-order valence-corrected chi connectivity index (χ2v) is 4.71. The lowest BCUT2D eigenvalue weighted by Gasteiger charge is -2.24. The molecule has 0 saturated carbocycles. The van der Waals surface area contributed by atoms with Gasteiger partial charge in [-0.05, 0) is 18.4 Å². The molecule has 1 aliphatic rings. The van der Waals surface area contributed by atoms with E-state index in [0.717, 1.165) is 5.56 Å². The Labute approximate surface area is 122 Å². The number of hydrogen-bond acceptors (Lipinski definition) is 5. The molecule has 0 unspecified atom stereocenters. The summed E-state index contributed by atoms with van der Waals surface area (Å²) in [4.78, 5) is 25.0. The lowest BCUT2D eigenvalue weighted by molar-refractivity contribution is -0.145. The van der Waals surface area contributed by atoms with Crippen molar-refractivity contribution in [2.45, 2.75) is 31.5 Å². The summed E-state index contributed by atoms with van der Waals surface area (Å²) < 4.78 is 9.87. The molecule has 110 valence electrons. The first-order chi connectivity index (χ1) is 10.2. The van der Waals surface area contributed by atoms with Crippen LogP contribution in [-0.2, 0) is 20.9 Å². The molecule has 1 fully saturated rings. The van der Waals surface area contributed by atoms with Gasteiger partial charge >= 0.3 is 12.1 Å². The summed E-state index contributed by atoms with van der Waals surface area (Å²) >= 11 is 0. The van der Waals surface area contributed by atoms with Crippen molar-refractivity contribution in [1.82, 2.24) is 4.90 Å². The van der Waals surface area contributed by atoms with Crippen LogP contribution in [0.5, 0.6) is 0 Å². The van der Waals surface area contributed by atoms with Crippen molar-refractivity contribution >= 4 is 12.1 Å². The van der Waals surface area contributed by atoms with E-state index in [2.05, 4.69) is 4.74 Å². The molecule has 1 amide bonds. The van der Waals surface area contributed by atoms with Crippen LogP contribution in [0.25, 0.3) is 0 Å². The third-order valence-electron chi connectivity index (χ3n) is 3.42. The van der Waals surface area contributed by atoms with E-state index in [9.17, 15) is 9.59 Å². The number of nitriles is 1. The minimum atomic E-state index is -0.747. The molecule has 1 aliphatic heterocycles.